The summed E-state index contributed by atoms with van der Waals surface area (Å²) in [6.45, 7) is 5.42. The maximum absolute atomic E-state index is 12.0. The fourth-order valence-electron chi connectivity index (χ4n) is 2.32. The topological polar surface area (TPSA) is 132 Å². The van der Waals surface area contributed by atoms with Crippen LogP contribution in [0.2, 0.25) is 0 Å². The molecule has 0 aromatic heterocycles. The molecule has 0 spiro atoms. The Kier molecular flexibility index (Phi) is 7.97. The number of rotatable bonds is 5. The molecule has 0 fully saturated rings. The van der Waals surface area contributed by atoms with Crippen LogP contribution < -0.4 is 0 Å². The average molecular weight is 499 g/mol. The van der Waals surface area contributed by atoms with Gasteiger partial charge in [-0.1, -0.05) is 53.1 Å². The summed E-state index contributed by atoms with van der Waals surface area (Å²) in [4.78, 5) is -0.476. The highest BCUT2D eigenvalue weighted by Gasteiger charge is 2.26. The third-order valence-corrected chi connectivity index (χ3v) is 8.12. The van der Waals surface area contributed by atoms with Crippen molar-refractivity contribution in [2.45, 2.75) is 35.5 Å². The third-order valence-electron chi connectivity index (χ3n) is 4.12. The van der Waals surface area contributed by atoms with Crippen LogP contribution in [0.4, 0.5) is 0 Å². The first-order chi connectivity index (χ1) is 14.7. The summed E-state index contributed by atoms with van der Waals surface area (Å²) < 4.78 is 82.0. The Hall–Kier alpha value is -2.57. The second-order valence-corrected chi connectivity index (χ2v) is 11.6. The summed E-state index contributed by atoms with van der Waals surface area (Å²) in [6.07, 6.45) is 0. The average Bonchev–Trinajstić information content (AvgIpc) is 2.68. The lowest BCUT2D eigenvalue weighted by molar-refractivity contribution is 0.461. The van der Waals surface area contributed by atoms with Gasteiger partial charge in [0.25, 0.3) is 10.1 Å². The van der Waals surface area contributed by atoms with E-state index >= 15 is 0 Å². The van der Waals surface area contributed by atoms with Crippen LogP contribution in [0, 0.1) is 20.8 Å². The predicted octanol–water partition coefficient (Wildman–Crippen LogP) is 3.64. The zero-order valence-electron chi connectivity index (χ0n) is 17.5. The van der Waals surface area contributed by atoms with Gasteiger partial charge in [0.15, 0.2) is 0 Å². The molecule has 0 unspecified atom stereocenters. The van der Waals surface area contributed by atoms with Crippen molar-refractivity contribution in [2.75, 3.05) is 0 Å². The fraction of sp³-hybridized carbons (Fsp3) is 0.143. The Morgan fingerprint density at radius 2 is 0.750 bits per heavy atom. The van der Waals surface area contributed by atoms with Crippen LogP contribution in [0.3, 0.4) is 0 Å². The van der Waals surface area contributed by atoms with E-state index < -0.39 is 30.4 Å². The van der Waals surface area contributed by atoms with Crippen molar-refractivity contribution in [3.8, 4) is 0 Å². The van der Waals surface area contributed by atoms with Crippen molar-refractivity contribution in [2.24, 2.45) is 0 Å². The Bertz CT molecular complexity index is 1300. The molecule has 32 heavy (non-hydrogen) atoms. The predicted molar refractivity (Wildman–Crippen MR) is 119 cm³/mol. The molecule has 0 bridgehead atoms. The zero-order valence-corrected chi connectivity index (χ0v) is 19.9. The molecule has 172 valence electrons. The maximum Gasteiger partial charge on any atom is 0.311 e. The van der Waals surface area contributed by atoms with Gasteiger partial charge >= 0.3 is 20.2 Å². The molecule has 3 aromatic carbocycles. The van der Waals surface area contributed by atoms with E-state index in [-0.39, 0.29) is 14.7 Å². The number of hydrogen-bond acceptors (Lipinski definition) is 7. The summed E-state index contributed by atoms with van der Waals surface area (Å²) in [5.41, 5.74) is 2.67. The normalized spacial score (nSPS) is 12.0. The molecule has 1 N–H and O–H groups in total. The minimum atomic E-state index is -4.38. The van der Waals surface area contributed by atoms with Crippen LogP contribution in [0.15, 0.2) is 87.5 Å². The second kappa shape index (κ2) is 9.92. The summed E-state index contributed by atoms with van der Waals surface area (Å²) >= 11 is 0. The summed E-state index contributed by atoms with van der Waals surface area (Å²) in [5, 5.41) is 0. The Balaban J connectivity index is 0.000000278. The lowest BCUT2D eigenvalue weighted by atomic mass is 10.2. The smallest absolute Gasteiger partial charge is 0.282 e. The molecule has 11 heteroatoms. The molecule has 0 atom stereocenters. The van der Waals surface area contributed by atoms with Crippen molar-refractivity contribution < 1.29 is 33.4 Å². The molecule has 0 aliphatic rings. The molecule has 0 aliphatic carbocycles. The third kappa shape index (κ3) is 7.24. The molecule has 0 saturated carbocycles. The van der Waals surface area contributed by atoms with Crippen LogP contribution in [0.1, 0.15) is 16.7 Å². The zero-order chi connectivity index (χ0) is 24.2. The van der Waals surface area contributed by atoms with Crippen LogP contribution in [-0.2, 0) is 34.0 Å². The molecule has 3 aromatic rings. The van der Waals surface area contributed by atoms with E-state index in [2.05, 4.69) is 3.63 Å². The number of benzene rings is 3. The first kappa shape index (κ1) is 25.7. The van der Waals surface area contributed by atoms with Crippen LogP contribution in [0.25, 0.3) is 0 Å². The Morgan fingerprint density at radius 1 is 0.500 bits per heavy atom. The van der Waals surface area contributed by atoms with Gasteiger partial charge in [-0.2, -0.15) is 25.3 Å². The number of aryl methyl sites for hydroxylation is 3. The van der Waals surface area contributed by atoms with E-state index in [1.807, 2.05) is 6.92 Å². The first-order valence-corrected chi connectivity index (χ1v) is 13.3. The van der Waals surface area contributed by atoms with E-state index in [0.717, 1.165) is 16.7 Å². The summed E-state index contributed by atoms with van der Waals surface area (Å²) in [5.74, 6) is 0. The maximum atomic E-state index is 12.0. The standard InChI is InChI=1S/C14H14O5S2.C7H8O3S/c1-11-3-7-13(8-4-11)20(15,16)19-21(17,18)14-9-5-12(2)6-10-14;1-6-2-4-7(5-3-6)11(8,9)10/h3-10H,1-2H3;2-5H,1H3,(H,8,9,10). The van der Waals surface area contributed by atoms with E-state index in [9.17, 15) is 25.3 Å². The molecule has 0 amide bonds. The highest BCUT2D eigenvalue weighted by Crippen LogP contribution is 2.21. The van der Waals surface area contributed by atoms with E-state index in [4.69, 9.17) is 4.55 Å². The monoisotopic (exact) mass is 498 g/mol. The molecular formula is C21H22O8S3. The molecular weight excluding hydrogens is 476 g/mol. The van der Waals surface area contributed by atoms with Gasteiger partial charge in [0.2, 0.25) is 0 Å². The highest BCUT2D eigenvalue weighted by molar-refractivity contribution is 7.99. The van der Waals surface area contributed by atoms with E-state index in [1.165, 1.54) is 36.4 Å². The fourth-order valence-corrected chi connectivity index (χ4v) is 5.31. The summed E-state index contributed by atoms with van der Waals surface area (Å²) in [6, 6.07) is 17.4. The lowest BCUT2D eigenvalue weighted by Crippen LogP contribution is -2.14. The van der Waals surface area contributed by atoms with Gasteiger partial charge in [0.1, 0.15) is 0 Å². The van der Waals surface area contributed by atoms with E-state index in [1.54, 1.807) is 50.2 Å². The van der Waals surface area contributed by atoms with Gasteiger partial charge in [0, 0.05) is 0 Å². The molecule has 0 heterocycles. The van der Waals surface area contributed by atoms with Gasteiger partial charge < -0.3 is 0 Å². The van der Waals surface area contributed by atoms with Crippen molar-refractivity contribution in [1.29, 1.82) is 0 Å². The van der Waals surface area contributed by atoms with Crippen LogP contribution in [0.5, 0.6) is 0 Å². The minimum absolute atomic E-state index is 0.0666. The largest absolute Gasteiger partial charge is 0.311 e. The Morgan fingerprint density at radius 3 is 1.00 bits per heavy atom. The molecule has 0 radical (unpaired) electrons. The number of hydrogen-bond donors (Lipinski definition) is 1. The molecule has 8 nitrogen and oxygen atoms in total. The summed E-state index contributed by atoms with van der Waals surface area (Å²) in [7, 11) is -12.8. The van der Waals surface area contributed by atoms with Gasteiger partial charge in [-0.3, -0.25) is 4.55 Å². The highest BCUT2D eigenvalue weighted by atomic mass is 32.3. The van der Waals surface area contributed by atoms with E-state index in [0.29, 0.717) is 0 Å². The molecule has 0 aliphatic heterocycles. The van der Waals surface area contributed by atoms with Crippen molar-refractivity contribution >= 4 is 30.4 Å². The quantitative estimate of drug-likeness (QED) is 0.527. The SMILES string of the molecule is Cc1ccc(S(=O)(=O)O)cc1.Cc1ccc(S(=O)(=O)OS(=O)(=O)c2ccc(C)cc2)cc1. The van der Waals surface area contributed by atoms with Gasteiger partial charge in [-0.25, -0.2) is 0 Å². The van der Waals surface area contributed by atoms with Gasteiger partial charge in [0.05, 0.1) is 14.7 Å². The van der Waals surface area contributed by atoms with Crippen molar-refractivity contribution in [1.82, 2.24) is 0 Å². The van der Waals surface area contributed by atoms with Crippen LogP contribution >= 0.6 is 0 Å². The lowest BCUT2D eigenvalue weighted by Gasteiger charge is -2.07. The second-order valence-electron chi connectivity index (χ2n) is 6.89. The van der Waals surface area contributed by atoms with Crippen LogP contribution in [-0.4, -0.2) is 29.8 Å². The van der Waals surface area contributed by atoms with Gasteiger partial charge in [-0.15, -0.1) is 3.63 Å². The molecule has 3 rings (SSSR count). The van der Waals surface area contributed by atoms with Crippen molar-refractivity contribution in [3.63, 3.8) is 0 Å². The van der Waals surface area contributed by atoms with Crippen molar-refractivity contribution in [3.05, 3.63) is 89.5 Å². The Labute approximate surface area is 188 Å². The minimum Gasteiger partial charge on any atom is -0.282 e. The molecule has 0 saturated heterocycles. The van der Waals surface area contributed by atoms with Gasteiger partial charge in [-0.05, 0) is 57.2 Å². The first-order valence-electron chi connectivity index (χ1n) is 9.09.